The summed E-state index contributed by atoms with van der Waals surface area (Å²) < 4.78 is 17.0. The van der Waals surface area contributed by atoms with Crippen LogP contribution in [0.3, 0.4) is 0 Å². The van der Waals surface area contributed by atoms with Gasteiger partial charge in [0.1, 0.15) is 23.9 Å². The normalized spacial score (nSPS) is 11.4. The van der Waals surface area contributed by atoms with Gasteiger partial charge in [-0.3, -0.25) is 4.79 Å². The van der Waals surface area contributed by atoms with Gasteiger partial charge in [0.15, 0.2) is 12.4 Å². The molecule has 4 heteroatoms. The Balaban J connectivity index is 1.59. The number of aldehydes is 1. The Kier molecular flexibility index (Phi) is 6.47. The molecule has 0 spiro atoms. The first kappa shape index (κ1) is 18.5. The molecule has 0 fully saturated rings. The zero-order valence-electron chi connectivity index (χ0n) is 15.2. The lowest BCUT2D eigenvalue weighted by atomic mass is 10.1. The molecule has 1 atom stereocenters. The molecule has 0 bridgehead atoms. The second-order valence-corrected chi connectivity index (χ2v) is 5.92. The van der Waals surface area contributed by atoms with Gasteiger partial charge in [0.05, 0.1) is 6.61 Å². The van der Waals surface area contributed by atoms with E-state index in [1.54, 1.807) is 12.1 Å². The van der Waals surface area contributed by atoms with Gasteiger partial charge in [-0.1, -0.05) is 42.5 Å². The van der Waals surface area contributed by atoms with E-state index in [0.717, 1.165) is 28.9 Å². The molecule has 0 N–H and O–H groups in total. The molecule has 0 radical (unpaired) electrons. The average Bonchev–Trinajstić information content (AvgIpc) is 2.73. The highest BCUT2D eigenvalue weighted by molar-refractivity contribution is 5.61. The van der Waals surface area contributed by atoms with Crippen molar-refractivity contribution in [3.05, 3.63) is 90.0 Å². The van der Waals surface area contributed by atoms with Crippen molar-refractivity contribution in [2.75, 3.05) is 6.61 Å². The molecule has 0 amide bonds. The van der Waals surface area contributed by atoms with Crippen molar-refractivity contribution in [3.8, 4) is 17.2 Å². The summed E-state index contributed by atoms with van der Waals surface area (Å²) in [6.07, 6.45) is 0.118. The van der Waals surface area contributed by atoms with Crippen molar-refractivity contribution in [2.24, 2.45) is 0 Å². The number of carbonyl (C=O) groups excluding carboxylic acids is 1. The standard InChI is InChI=1S/C23H22O4/c1-2-25-20-10-8-19(9-11-20)23(16-24)27-22-14-12-21(13-15-22)26-17-18-6-4-3-5-7-18/h3-16,23H,2,17H2,1H3. The molecule has 0 saturated heterocycles. The fourth-order valence-electron chi connectivity index (χ4n) is 2.60. The van der Waals surface area contributed by atoms with Gasteiger partial charge in [0.2, 0.25) is 0 Å². The van der Waals surface area contributed by atoms with Gasteiger partial charge in [0, 0.05) is 0 Å². The molecule has 3 rings (SSSR count). The van der Waals surface area contributed by atoms with Gasteiger partial charge >= 0.3 is 0 Å². The fraction of sp³-hybridized carbons (Fsp3) is 0.174. The third-order valence-electron chi connectivity index (χ3n) is 3.98. The van der Waals surface area contributed by atoms with Gasteiger partial charge in [0.25, 0.3) is 0 Å². The highest BCUT2D eigenvalue weighted by Gasteiger charge is 2.12. The van der Waals surface area contributed by atoms with E-state index >= 15 is 0 Å². The van der Waals surface area contributed by atoms with Gasteiger partial charge in [-0.15, -0.1) is 0 Å². The molecular weight excluding hydrogens is 340 g/mol. The van der Waals surface area contributed by atoms with E-state index in [1.807, 2.05) is 73.7 Å². The molecule has 0 aliphatic heterocycles. The van der Waals surface area contributed by atoms with Crippen molar-refractivity contribution in [1.29, 1.82) is 0 Å². The average molecular weight is 362 g/mol. The molecule has 4 nitrogen and oxygen atoms in total. The molecule has 0 aliphatic rings. The highest BCUT2D eigenvalue weighted by atomic mass is 16.5. The summed E-state index contributed by atoms with van der Waals surface area (Å²) in [5, 5.41) is 0. The SMILES string of the molecule is CCOc1ccc(C(C=O)Oc2ccc(OCc3ccccc3)cc2)cc1. The molecule has 138 valence electrons. The first-order valence-corrected chi connectivity index (χ1v) is 8.90. The highest BCUT2D eigenvalue weighted by Crippen LogP contribution is 2.25. The minimum atomic E-state index is -0.670. The van der Waals surface area contributed by atoms with E-state index in [9.17, 15) is 4.79 Å². The minimum Gasteiger partial charge on any atom is -0.494 e. The molecule has 0 aromatic heterocycles. The maximum Gasteiger partial charge on any atom is 0.179 e. The Labute approximate surface area is 159 Å². The van der Waals surface area contributed by atoms with Crippen LogP contribution in [-0.2, 0) is 11.4 Å². The largest absolute Gasteiger partial charge is 0.494 e. The predicted octanol–water partition coefficient (Wildman–Crippen LogP) is 4.98. The molecule has 27 heavy (non-hydrogen) atoms. The van der Waals surface area contributed by atoms with Gasteiger partial charge in [-0.2, -0.15) is 0 Å². The van der Waals surface area contributed by atoms with E-state index in [0.29, 0.717) is 19.0 Å². The minimum absolute atomic E-state index is 0.504. The molecule has 0 heterocycles. The molecule has 1 unspecified atom stereocenters. The van der Waals surface area contributed by atoms with Crippen LogP contribution in [0.5, 0.6) is 17.2 Å². The van der Waals surface area contributed by atoms with E-state index < -0.39 is 6.10 Å². The second-order valence-electron chi connectivity index (χ2n) is 5.92. The summed E-state index contributed by atoms with van der Waals surface area (Å²) in [5.74, 6) is 2.12. The fourth-order valence-corrected chi connectivity index (χ4v) is 2.60. The van der Waals surface area contributed by atoms with Crippen LogP contribution in [-0.4, -0.2) is 12.9 Å². The Bertz CT molecular complexity index is 827. The van der Waals surface area contributed by atoms with Gasteiger partial charge in [-0.05, 0) is 54.4 Å². The van der Waals surface area contributed by atoms with Crippen molar-refractivity contribution >= 4 is 6.29 Å². The summed E-state index contributed by atoms with van der Waals surface area (Å²) in [7, 11) is 0. The molecule has 3 aromatic rings. The lowest BCUT2D eigenvalue weighted by Crippen LogP contribution is -2.09. The molecule has 0 saturated carbocycles. The quantitative estimate of drug-likeness (QED) is 0.504. The first-order valence-electron chi connectivity index (χ1n) is 8.90. The van der Waals surface area contributed by atoms with Crippen LogP contribution >= 0.6 is 0 Å². The van der Waals surface area contributed by atoms with E-state index in [4.69, 9.17) is 14.2 Å². The Morgan fingerprint density at radius 1 is 0.778 bits per heavy atom. The Morgan fingerprint density at radius 3 is 2.00 bits per heavy atom. The van der Waals surface area contributed by atoms with Crippen LogP contribution in [0.1, 0.15) is 24.2 Å². The van der Waals surface area contributed by atoms with Crippen molar-refractivity contribution < 1.29 is 19.0 Å². The Morgan fingerprint density at radius 2 is 1.37 bits per heavy atom. The van der Waals surface area contributed by atoms with Crippen LogP contribution in [0.15, 0.2) is 78.9 Å². The summed E-state index contributed by atoms with van der Waals surface area (Å²) in [6.45, 7) is 3.04. The zero-order valence-corrected chi connectivity index (χ0v) is 15.2. The van der Waals surface area contributed by atoms with Crippen molar-refractivity contribution in [2.45, 2.75) is 19.6 Å². The lowest BCUT2D eigenvalue weighted by molar-refractivity contribution is -0.113. The van der Waals surface area contributed by atoms with Crippen LogP contribution in [0.4, 0.5) is 0 Å². The number of hydrogen-bond acceptors (Lipinski definition) is 4. The first-order chi connectivity index (χ1) is 13.3. The number of carbonyl (C=O) groups is 1. The molecule has 0 aliphatic carbocycles. The molecular formula is C23H22O4. The van der Waals surface area contributed by atoms with E-state index in [1.165, 1.54) is 0 Å². The number of hydrogen-bond donors (Lipinski definition) is 0. The number of benzene rings is 3. The third kappa shape index (κ3) is 5.35. The smallest absolute Gasteiger partial charge is 0.179 e. The topological polar surface area (TPSA) is 44.8 Å². The van der Waals surface area contributed by atoms with Gasteiger partial charge < -0.3 is 14.2 Å². The summed E-state index contributed by atoms with van der Waals surface area (Å²) in [6, 6.07) is 24.6. The van der Waals surface area contributed by atoms with Crippen LogP contribution in [0.25, 0.3) is 0 Å². The third-order valence-corrected chi connectivity index (χ3v) is 3.98. The van der Waals surface area contributed by atoms with Crippen LogP contribution < -0.4 is 14.2 Å². The van der Waals surface area contributed by atoms with Crippen LogP contribution in [0, 0.1) is 0 Å². The lowest BCUT2D eigenvalue weighted by Gasteiger charge is -2.15. The van der Waals surface area contributed by atoms with Crippen molar-refractivity contribution in [1.82, 2.24) is 0 Å². The van der Waals surface area contributed by atoms with Crippen LogP contribution in [0.2, 0.25) is 0 Å². The Hall–Kier alpha value is -3.27. The van der Waals surface area contributed by atoms with Gasteiger partial charge in [-0.25, -0.2) is 0 Å². The van der Waals surface area contributed by atoms with E-state index in [-0.39, 0.29) is 0 Å². The maximum atomic E-state index is 11.5. The summed E-state index contributed by atoms with van der Waals surface area (Å²) in [5.41, 5.74) is 1.88. The maximum absolute atomic E-state index is 11.5. The summed E-state index contributed by atoms with van der Waals surface area (Å²) >= 11 is 0. The van der Waals surface area contributed by atoms with Crippen molar-refractivity contribution in [3.63, 3.8) is 0 Å². The zero-order chi connectivity index (χ0) is 18.9. The number of ether oxygens (including phenoxy) is 3. The summed E-state index contributed by atoms with van der Waals surface area (Å²) in [4.78, 5) is 11.5. The number of rotatable bonds is 9. The predicted molar refractivity (Wildman–Crippen MR) is 104 cm³/mol. The second kappa shape index (κ2) is 9.43. The molecule has 3 aromatic carbocycles. The van der Waals surface area contributed by atoms with E-state index in [2.05, 4.69) is 0 Å². The monoisotopic (exact) mass is 362 g/mol.